The Bertz CT molecular complexity index is 565. The summed E-state index contributed by atoms with van der Waals surface area (Å²) in [6, 6.07) is 2.75. The van der Waals surface area contributed by atoms with Crippen LogP contribution in [0, 0.1) is 6.92 Å². The van der Waals surface area contributed by atoms with E-state index in [1.165, 1.54) is 18.3 Å². The third-order valence-electron chi connectivity index (χ3n) is 2.12. The summed E-state index contributed by atoms with van der Waals surface area (Å²) in [6.07, 6.45) is 2.94. The number of amides is 1. The molecule has 0 atom stereocenters. The molecule has 2 rings (SSSR count). The number of carbonyl (C=O) groups is 1. The average molecular weight is 233 g/mol. The van der Waals surface area contributed by atoms with Crippen molar-refractivity contribution in [2.75, 3.05) is 0 Å². The molecule has 0 saturated heterocycles. The van der Waals surface area contributed by atoms with E-state index in [9.17, 15) is 9.59 Å². The number of carbonyl (C=O) groups excluding carboxylic acids is 1. The highest BCUT2D eigenvalue weighted by atomic mass is 16.4. The maximum atomic E-state index is 11.6. The normalized spacial score (nSPS) is 10.2. The lowest BCUT2D eigenvalue weighted by Crippen LogP contribution is -2.23. The molecule has 0 spiro atoms. The van der Waals surface area contributed by atoms with Crippen molar-refractivity contribution in [3.63, 3.8) is 0 Å². The van der Waals surface area contributed by atoms with Crippen molar-refractivity contribution in [3.05, 3.63) is 52.1 Å². The molecule has 2 aromatic rings. The number of hydrogen-bond donors (Lipinski definition) is 2. The van der Waals surface area contributed by atoms with E-state index in [4.69, 9.17) is 4.42 Å². The summed E-state index contributed by atoms with van der Waals surface area (Å²) in [5, 5.41) is 2.63. The highest BCUT2D eigenvalue weighted by Gasteiger charge is 2.07. The zero-order chi connectivity index (χ0) is 12.3. The van der Waals surface area contributed by atoms with E-state index < -0.39 is 0 Å². The number of aromatic nitrogens is 2. The predicted molar refractivity (Wildman–Crippen MR) is 59.5 cm³/mol. The van der Waals surface area contributed by atoms with Gasteiger partial charge in [-0.2, -0.15) is 0 Å². The molecule has 0 aromatic carbocycles. The lowest BCUT2D eigenvalue weighted by molar-refractivity contribution is 0.0946. The van der Waals surface area contributed by atoms with Gasteiger partial charge in [-0.05, 0) is 13.0 Å². The van der Waals surface area contributed by atoms with Crippen LogP contribution in [0.15, 0.2) is 33.7 Å². The van der Waals surface area contributed by atoms with Gasteiger partial charge in [0.25, 0.3) is 5.91 Å². The molecule has 6 nitrogen and oxygen atoms in total. The van der Waals surface area contributed by atoms with E-state index >= 15 is 0 Å². The van der Waals surface area contributed by atoms with Crippen LogP contribution in [-0.4, -0.2) is 15.9 Å². The van der Waals surface area contributed by atoms with Gasteiger partial charge >= 0.3 is 0 Å². The van der Waals surface area contributed by atoms with Crippen LogP contribution in [0.2, 0.25) is 0 Å². The molecule has 0 aliphatic rings. The fourth-order valence-electron chi connectivity index (χ4n) is 1.29. The number of oxazole rings is 1. The Morgan fingerprint density at radius 1 is 1.53 bits per heavy atom. The number of aromatic amines is 1. The summed E-state index contributed by atoms with van der Waals surface area (Å²) in [5.74, 6) is 0.843. The first-order valence-corrected chi connectivity index (χ1v) is 5.03. The van der Waals surface area contributed by atoms with E-state index in [1.54, 1.807) is 13.1 Å². The van der Waals surface area contributed by atoms with Crippen molar-refractivity contribution in [3.8, 4) is 0 Å². The predicted octanol–water partition coefficient (Wildman–Crippen LogP) is 0.601. The standard InChI is InChI=1S/C11H11N3O3/c1-7-4-13-10(17-7)6-14-11(16)8-2-3-9(15)12-5-8/h2-5H,6H2,1H3,(H,12,15)(H,14,16). The van der Waals surface area contributed by atoms with Gasteiger partial charge < -0.3 is 14.7 Å². The van der Waals surface area contributed by atoms with Gasteiger partial charge in [-0.15, -0.1) is 0 Å². The Kier molecular flexibility index (Phi) is 3.04. The molecular weight excluding hydrogens is 222 g/mol. The first-order chi connectivity index (χ1) is 8.15. The van der Waals surface area contributed by atoms with E-state index in [0.717, 1.165) is 0 Å². The fraction of sp³-hybridized carbons (Fsp3) is 0.182. The minimum absolute atomic E-state index is 0.214. The smallest absolute Gasteiger partial charge is 0.253 e. The average Bonchev–Trinajstić information content (AvgIpc) is 2.73. The summed E-state index contributed by atoms with van der Waals surface area (Å²) in [4.78, 5) is 28.8. The SMILES string of the molecule is Cc1cnc(CNC(=O)c2ccc(=O)[nH]c2)o1. The lowest BCUT2D eigenvalue weighted by Gasteiger charge is -2.01. The van der Waals surface area contributed by atoms with Gasteiger partial charge in [-0.1, -0.05) is 0 Å². The third-order valence-corrected chi connectivity index (χ3v) is 2.12. The van der Waals surface area contributed by atoms with Crippen LogP contribution in [0.5, 0.6) is 0 Å². The largest absolute Gasteiger partial charge is 0.444 e. The Hall–Kier alpha value is -2.37. The van der Waals surface area contributed by atoms with Crippen LogP contribution in [0.4, 0.5) is 0 Å². The number of pyridine rings is 1. The van der Waals surface area contributed by atoms with Gasteiger partial charge in [0.05, 0.1) is 18.3 Å². The molecule has 6 heteroatoms. The van der Waals surface area contributed by atoms with Crippen molar-refractivity contribution in [2.24, 2.45) is 0 Å². The van der Waals surface area contributed by atoms with Crippen LogP contribution in [0.25, 0.3) is 0 Å². The Morgan fingerprint density at radius 3 is 2.94 bits per heavy atom. The molecule has 2 N–H and O–H groups in total. The van der Waals surface area contributed by atoms with Crippen molar-refractivity contribution >= 4 is 5.91 Å². The molecule has 0 radical (unpaired) electrons. The monoisotopic (exact) mass is 233 g/mol. The van der Waals surface area contributed by atoms with E-state index in [1.807, 2.05) is 0 Å². The first kappa shape index (κ1) is 11.1. The minimum atomic E-state index is -0.294. The van der Waals surface area contributed by atoms with Crippen molar-refractivity contribution in [1.29, 1.82) is 0 Å². The van der Waals surface area contributed by atoms with Crippen LogP contribution in [0.3, 0.4) is 0 Å². The van der Waals surface area contributed by atoms with Crippen LogP contribution in [0.1, 0.15) is 22.0 Å². The number of nitrogens with zero attached hydrogens (tertiary/aromatic N) is 1. The summed E-state index contributed by atoms with van der Waals surface area (Å²) < 4.78 is 5.21. The Morgan fingerprint density at radius 2 is 2.35 bits per heavy atom. The molecule has 2 aromatic heterocycles. The topological polar surface area (TPSA) is 88.0 Å². The van der Waals surface area contributed by atoms with Gasteiger partial charge in [0.15, 0.2) is 0 Å². The summed E-state index contributed by atoms with van der Waals surface area (Å²) in [5.41, 5.74) is 0.137. The molecule has 0 fully saturated rings. The Labute approximate surface area is 96.7 Å². The minimum Gasteiger partial charge on any atom is -0.444 e. The van der Waals surface area contributed by atoms with Crippen molar-refractivity contribution in [2.45, 2.75) is 13.5 Å². The van der Waals surface area contributed by atoms with Crippen molar-refractivity contribution < 1.29 is 9.21 Å². The molecule has 17 heavy (non-hydrogen) atoms. The second-order valence-electron chi connectivity index (χ2n) is 3.49. The zero-order valence-electron chi connectivity index (χ0n) is 9.19. The molecule has 88 valence electrons. The van der Waals surface area contributed by atoms with Gasteiger partial charge in [-0.25, -0.2) is 4.98 Å². The van der Waals surface area contributed by atoms with Crippen LogP contribution in [-0.2, 0) is 6.54 Å². The van der Waals surface area contributed by atoms with Gasteiger partial charge in [0.2, 0.25) is 11.4 Å². The first-order valence-electron chi connectivity index (χ1n) is 5.03. The van der Waals surface area contributed by atoms with Gasteiger partial charge in [0.1, 0.15) is 5.76 Å². The molecule has 2 heterocycles. The second-order valence-corrected chi connectivity index (χ2v) is 3.49. The number of hydrogen-bond acceptors (Lipinski definition) is 4. The van der Waals surface area contributed by atoms with Crippen molar-refractivity contribution in [1.82, 2.24) is 15.3 Å². The highest BCUT2D eigenvalue weighted by molar-refractivity contribution is 5.93. The van der Waals surface area contributed by atoms with Crippen LogP contribution < -0.4 is 10.9 Å². The highest BCUT2D eigenvalue weighted by Crippen LogP contribution is 2.01. The summed E-state index contributed by atoms with van der Waals surface area (Å²) >= 11 is 0. The molecule has 0 aliphatic heterocycles. The Balaban J connectivity index is 1.98. The van der Waals surface area contributed by atoms with Crippen LogP contribution >= 0.6 is 0 Å². The third kappa shape index (κ3) is 2.81. The summed E-state index contributed by atoms with van der Waals surface area (Å²) in [6.45, 7) is 1.99. The second kappa shape index (κ2) is 4.65. The number of aryl methyl sites for hydroxylation is 1. The van der Waals surface area contributed by atoms with E-state index in [2.05, 4.69) is 15.3 Å². The molecule has 0 unspecified atom stereocenters. The summed E-state index contributed by atoms with van der Waals surface area (Å²) in [7, 11) is 0. The van der Waals surface area contributed by atoms with Gasteiger partial charge in [0, 0.05) is 12.3 Å². The maximum absolute atomic E-state index is 11.6. The maximum Gasteiger partial charge on any atom is 0.253 e. The molecule has 0 saturated carbocycles. The van der Waals surface area contributed by atoms with Gasteiger partial charge in [-0.3, -0.25) is 9.59 Å². The zero-order valence-corrected chi connectivity index (χ0v) is 9.19. The number of H-pyrrole nitrogens is 1. The quantitative estimate of drug-likeness (QED) is 0.812. The number of rotatable bonds is 3. The molecule has 0 bridgehead atoms. The molecular formula is C11H11N3O3. The lowest BCUT2D eigenvalue weighted by atomic mass is 10.3. The molecule has 0 aliphatic carbocycles. The van der Waals surface area contributed by atoms with E-state index in [0.29, 0.717) is 17.2 Å². The van der Waals surface area contributed by atoms with E-state index in [-0.39, 0.29) is 18.0 Å². The molecule has 1 amide bonds. The fourth-order valence-corrected chi connectivity index (χ4v) is 1.29. The number of nitrogens with one attached hydrogen (secondary N) is 2.